The number of hydrogen-bond donors (Lipinski definition) is 1. The van der Waals surface area contributed by atoms with Crippen LogP contribution in [0.5, 0.6) is 0 Å². The molecule has 0 saturated heterocycles. The minimum absolute atomic E-state index is 0. The second-order valence-corrected chi connectivity index (χ2v) is 5.75. The molecule has 1 nitrogen and oxygen atoms in total. The van der Waals surface area contributed by atoms with Crippen LogP contribution in [0.1, 0.15) is 33.8 Å². The summed E-state index contributed by atoms with van der Waals surface area (Å²) in [5.41, 5.74) is 11.1. The van der Waals surface area contributed by atoms with Crippen molar-refractivity contribution in [2.45, 2.75) is 34.6 Å². The Morgan fingerprint density at radius 1 is 0.962 bits per heavy atom. The van der Waals surface area contributed by atoms with E-state index >= 15 is 0 Å². The summed E-state index contributed by atoms with van der Waals surface area (Å²) in [7, 11) is 0. The average molecular weight is 348 g/mol. The van der Waals surface area contributed by atoms with Gasteiger partial charge in [0.15, 0.2) is 0 Å². The maximum absolute atomic E-state index is 5.15. The monoisotopic (exact) mass is 347 g/mol. The molecular weight excluding hydrogens is 314 g/mol. The van der Waals surface area contributed by atoms with Gasteiger partial charge in [0, 0.05) is 5.70 Å². The third-order valence-electron chi connectivity index (χ3n) is 3.64. The molecule has 0 amide bonds. The van der Waals surface area contributed by atoms with Crippen LogP contribution in [0.3, 0.4) is 0 Å². The van der Waals surface area contributed by atoms with Gasteiger partial charge in [-0.05, 0) is 49.5 Å². The summed E-state index contributed by atoms with van der Waals surface area (Å²) in [6, 6.07) is 19.2. The number of benzene rings is 2. The third kappa shape index (κ3) is 8.89. The van der Waals surface area contributed by atoms with Crippen LogP contribution in [0, 0.1) is 0 Å². The molecule has 1 heteroatoms. The van der Waals surface area contributed by atoms with Crippen molar-refractivity contribution in [2.24, 2.45) is 5.73 Å². The van der Waals surface area contributed by atoms with Crippen LogP contribution >= 0.6 is 0 Å². The Hall–Kier alpha value is -2.80. The Balaban J connectivity index is 0.000000923. The van der Waals surface area contributed by atoms with Gasteiger partial charge in [-0.1, -0.05) is 99.0 Å². The number of rotatable bonds is 5. The van der Waals surface area contributed by atoms with E-state index in [-0.39, 0.29) is 7.43 Å². The van der Waals surface area contributed by atoms with E-state index in [0.717, 1.165) is 12.1 Å². The lowest BCUT2D eigenvalue weighted by Crippen LogP contribution is -1.88. The second kappa shape index (κ2) is 13.5. The largest absolute Gasteiger partial charge is 0.403 e. The molecule has 0 atom stereocenters. The summed E-state index contributed by atoms with van der Waals surface area (Å²) in [5, 5.41) is 0. The van der Waals surface area contributed by atoms with E-state index in [9.17, 15) is 0 Å². The maximum atomic E-state index is 5.15. The van der Waals surface area contributed by atoms with Crippen molar-refractivity contribution in [1.82, 2.24) is 0 Å². The molecule has 0 aromatic heterocycles. The fourth-order valence-corrected chi connectivity index (χ4v) is 2.22. The molecule has 0 fully saturated rings. The molecule has 0 saturated carbocycles. The van der Waals surface area contributed by atoms with Gasteiger partial charge in [0.2, 0.25) is 0 Å². The first-order valence-electron chi connectivity index (χ1n) is 8.57. The zero-order valence-electron chi connectivity index (χ0n) is 15.6. The van der Waals surface area contributed by atoms with Crippen molar-refractivity contribution < 1.29 is 0 Å². The molecule has 2 rings (SSSR count). The zero-order chi connectivity index (χ0) is 18.5. The summed E-state index contributed by atoms with van der Waals surface area (Å²) < 4.78 is 0. The fraction of sp³-hybridized carbons (Fsp3) is 0.200. The Labute approximate surface area is 160 Å². The lowest BCUT2D eigenvalue weighted by Gasteiger charge is -2.05. The first-order valence-corrected chi connectivity index (χ1v) is 8.57. The summed E-state index contributed by atoms with van der Waals surface area (Å²) >= 11 is 0. The Morgan fingerprint density at radius 3 is 1.96 bits per heavy atom. The van der Waals surface area contributed by atoms with Crippen molar-refractivity contribution in [2.75, 3.05) is 0 Å². The predicted octanol–water partition coefficient (Wildman–Crippen LogP) is 7.09. The predicted molar refractivity (Wildman–Crippen MR) is 119 cm³/mol. The lowest BCUT2D eigenvalue weighted by atomic mass is 10.00. The quantitative estimate of drug-likeness (QED) is 0.574. The Kier molecular flexibility index (Phi) is 12.0. The second-order valence-electron chi connectivity index (χ2n) is 5.75. The van der Waals surface area contributed by atoms with E-state index < -0.39 is 0 Å². The molecule has 2 aromatic rings. The van der Waals surface area contributed by atoms with E-state index in [1.807, 2.05) is 39.0 Å². The number of hydrogen-bond acceptors (Lipinski definition) is 1. The van der Waals surface area contributed by atoms with Crippen LogP contribution in [0.4, 0.5) is 0 Å². The minimum atomic E-state index is 0. The van der Waals surface area contributed by atoms with Gasteiger partial charge in [-0.15, -0.1) is 0 Å². The molecule has 0 unspecified atom stereocenters. The molecule has 26 heavy (non-hydrogen) atoms. The van der Waals surface area contributed by atoms with Crippen molar-refractivity contribution in [3.63, 3.8) is 0 Å². The van der Waals surface area contributed by atoms with Crippen molar-refractivity contribution in [3.8, 4) is 11.1 Å². The topological polar surface area (TPSA) is 26.0 Å². The van der Waals surface area contributed by atoms with Gasteiger partial charge < -0.3 is 5.73 Å². The standard InChI is InChI=1S/C20H20.C4H9N.CH4/c1-3-8-17(9-4-2)16-18-12-14-20(15-13-18)19-10-6-5-7-11-19;1-3-4(2)5;/h3-15H,1,16H2,2H3;3H,5H2,1-2H3;1H4/b9-4-,17-8+;4-3+;. The van der Waals surface area contributed by atoms with Crippen LogP contribution in [0.25, 0.3) is 11.1 Å². The van der Waals surface area contributed by atoms with Crippen LogP contribution in [-0.4, -0.2) is 0 Å². The summed E-state index contributed by atoms with van der Waals surface area (Å²) in [6.45, 7) is 9.58. The Morgan fingerprint density at radius 2 is 1.50 bits per heavy atom. The van der Waals surface area contributed by atoms with Gasteiger partial charge in [-0.3, -0.25) is 0 Å². The molecule has 0 radical (unpaired) electrons. The van der Waals surface area contributed by atoms with Gasteiger partial charge in [0.25, 0.3) is 0 Å². The van der Waals surface area contributed by atoms with E-state index in [2.05, 4.69) is 73.3 Å². The maximum Gasteiger partial charge on any atom is 0.000552 e. The van der Waals surface area contributed by atoms with Gasteiger partial charge in [0.1, 0.15) is 0 Å². The van der Waals surface area contributed by atoms with Crippen LogP contribution in [0.15, 0.2) is 103 Å². The highest BCUT2D eigenvalue weighted by Gasteiger charge is 1.99. The molecule has 2 N–H and O–H groups in total. The zero-order valence-corrected chi connectivity index (χ0v) is 15.6. The molecule has 0 aliphatic rings. The number of nitrogens with two attached hydrogens (primary N) is 1. The highest BCUT2D eigenvalue weighted by Crippen LogP contribution is 2.20. The highest BCUT2D eigenvalue weighted by atomic mass is 14.5. The van der Waals surface area contributed by atoms with E-state index in [1.54, 1.807) is 0 Å². The molecular formula is C25H33N. The van der Waals surface area contributed by atoms with Gasteiger partial charge in [-0.2, -0.15) is 0 Å². The lowest BCUT2D eigenvalue weighted by molar-refractivity contribution is 1.19. The van der Waals surface area contributed by atoms with Gasteiger partial charge >= 0.3 is 0 Å². The van der Waals surface area contributed by atoms with Crippen molar-refractivity contribution >= 4 is 0 Å². The van der Waals surface area contributed by atoms with E-state index in [1.165, 1.54) is 22.3 Å². The van der Waals surface area contributed by atoms with E-state index in [0.29, 0.717) is 0 Å². The van der Waals surface area contributed by atoms with Crippen molar-refractivity contribution in [3.05, 3.63) is 108 Å². The van der Waals surface area contributed by atoms with Crippen LogP contribution in [0.2, 0.25) is 0 Å². The summed E-state index contributed by atoms with van der Waals surface area (Å²) in [5.74, 6) is 0. The molecule has 0 spiro atoms. The van der Waals surface area contributed by atoms with Crippen LogP contribution < -0.4 is 5.73 Å². The fourth-order valence-electron chi connectivity index (χ4n) is 2.22. The normalized spacial score (nSPS) is 11.3. The first-order chi connectivity index (χ1) is 12.1. The average Bonchev–Trinajstić information content (AvgIpc) is 2.64. The molecule has 138 valence electrons. The van der Waals surface area contributed by atoms with Crippen molar-refractivity contribution in [1.29, 1.82) is 0 Å². The minimum Gasteiger partial charge on any atom is -0.403 e. The molecule has 0 aliphatic carbocycles. The first kappa shape index (κ1) is 23.2. The van der Waals surface area contributed by atoms with Gasteiger partial charge in [-0.25, -0.2) is 0 Å². The number of allylic oxidation sites excluding steroid dienone is 7. The Bertz CT molecular complexity index is 713. The van der Waals surface area contributed by atoms with E-state index in [4.69, 9.17) is 5.73 Å². The highest BCUT2D eigenvalue weighted by molar-refractivity contribution is 5.63. The third-order valence-corrected chi connectivity index (χ3v) is 3.64. The van der Waals surface area contributed by atoms with Crippen LogP contribution in [-0.2, 0) is 6.42 Å². The molecule has 0 bridgehead atoms. The molecule has 0 aliphatic heterocycles. The summed E-state index contributed by atoms with van der Waals surface area (Å²) in [6.07, 6.45) is 10.9. The smallest absolute Gasteiger partial charge is 0.000552 e. The SMILES string of the molecule is C.C/C=C(\C)N.C=C/C=C(\C=C/C)Cc1ccc(-c2ccccc2)cc1. The van der Waals surface area contributed by atoms with Gasteiger partial charge in [0.05, 0.1) is 0 Å². The molecule has 2 aromatic carbocycles. The summed E-state index contributed by atoms with van der Waals surface area (Å²) in [4.78, 5) is 0. The molecule has 0 heterocycles.